The van der Waals surface area contributed by atoms with Crippen molar-refractivity contribution in [1.82, 2.24) is 24.9 Å². The van der Waals surface area contributed by atoms with Crippen LogP contribution >= 0.6 is 11.3 Å². The molecule has 13 heteroatoms. The van der Waals surface area contributed by atoms with Crippen molar-refractivity contribution in [3.8, 4) is 11.5 Å². The zero-order chi connectivity index (χ0) is 24.8. The molecule has 0 fully saturated rings. The molecule has 0 aliphatic rings. The molecule has 0 radical (unpaired) electrons. The lowest BCUT2D eigenvalue weighted by atomic mass is 10.2. The topological polar surface area (TPSA) is 137 Å². The number of nitrogens with zero attached hydrogens (tertiary/aromatic N) is 4. The lowest BCUT2D eigenvalue weighted by molar-refractivity contribution is 0.159. The van der Waals surface area contributed by atoms with Crippen molar-refractivity contribution in [1.29, 1.82) is 0 Å². The van der Waals surface area contributed by atoms with Crippen LogP contribution in [0.15, 0.2) is 53.1 Å². The molecule has 11 nitrogen and oxygen atoms in total. The van der Waals surface area contributed by atoms with Crippen molar-refractivity contribution < 1.29 is 23.2 Å². The third-order valence-electron chi connectivity index (χ3n) is 4.70. The first kappa shape index (κ1) is 24.2. The van der Waals surface area contributed by atoms with E-state index >= 15 is 0 Å². The highest BCUT2D eigenvalue weighted by Gasteiger charge is 2.15. The Morgan fingerprint density at radius 1 is 1.20 bits per heavy atom. The summed E-state index contributed by atoms with van der Waals surface area (Å²) in [6.07, 6.45) is 0.643. The average Bonchev–Trinajstić information content (AvgIpc) is 3.35. The highest BCUT2D eigenvalue weighted by molar-refractivity contribution is 7.99. The lowest BCUT2D eigenvalue weighted by Gasteiger charge is -2.15. The summed E-state index contributed by atoms with van der Waals surface area (Å²) >= 11 is 1.35. The SMILES string of the molecule is C=S(=O)(NC(=O)OCC)c1cccc(COc2cc3ncnc(Nc4nncs4)c3cc2OC)c1. The Hall–Kier alpha value is -3.97. The Morgan fingerprint density at radius 2 is 2.06 bits per heavy atom. The molecular weight excluding hydrogens is 492 g/mol. The van der Waals surface area contributed by atoms with E-state index in [4.69, 9.17) is 14.2 Å². The highest BCUT2D eigenvalue weighted by atomic mass is 32.2. The van der Waals surface area contributed by atoms with E-state index in [0.717, 1.165) is 5.39 Å². The number of nitrogens with one attached hydrogen (secondary N) is 2. The second kappa shape index (κ2) is 10.5. The third kappa shape index (κ3) is 5.75. The molecule has 4 aromatic rings. The van der Waals surface area contributed by atoms with Crippen molar-refractivity contribution >= 4 is 54.9 Å². The highest BCUT2D eigenvalue weighted by Crippen LogP contribution is 2.35. The fourth-order valence-corrected chi connectivity index (χ4v) is 4.65. The monoisotopic (exact) mass is 514 g/mol. The molecule has 2 heterocycles. The fraction of sp³-hybridized carbons (Fsp3) is 0.182. The van der Waals surface area contributed by atoms with Crippen molar-refractivity contribution in [2.45, 2.75) is 18.4 Å². The molecular formula is C22H22N6O5S2. The van der Waals surface area contributed by atoms with Gasteiger partial charge >= 0.3 is 6.09 Å². The molecule has 0 aliphatic carbocycles. The van der Waals surface area contributed by atoms with Crippen LogP contribution in [0.1, 0.15) is 12.5 Å². The van der Waals surface area contributed by atoms with Crippen LogP contribution < -0.4 is 19.5 Å². The Labute approximate surface area is 205 Å². The molecule has 2 aromatic heterocycles. The van der Waals surface area contributed by atoms with E-state index < -0.39 is 15.8 Å². The van der Waals surface area contributed by atoms with Gasteiger partial charge in [-0.25, -0.2) is 23.7 Å². The van der Waals surface area contributed by atoms with E-state index in [2.05, 4.69) is 36.1 Å². The van der Waals surface area contributed by atoms with Gasteiger partial charge in [-0.2, -0.15) is 0 Å². The molecule has 2 N–H and O–H groups in total. The molecule has 2 aromatic carbocycles. The van der Waals surface area contributed by atoms with Gasteiger partial charge in [-0.3, -0.25) is 0 Å². The normalized spacial score (nSPS) is 12.5. The number of anilines is 2. The van der Waals surface area contributed by atoms with E-state index in [9.17, 15) is 9.00 Å². The lowest BCUT2D eigenvalue weighted by Crippen LogP contribution is -2.31. The average molecular weight is 515 g/mol. The minimum absolute atomic E-state index is 0.144. The Morgan fingerprint density at radius 3 is 2.80 bits per heavy atom. The molecule has 1 amide bonds. The minimum atomic E-state index is -3.09. The molecule has 0 saturated carbocycles. The Bertz CT molecular complexity index is 1440. The van der Waals surface area contributed by atoms with Gasteiger partial charge in [-0.1, -0.05) is 23.5 Å². The van der Waals surface area contributed by atoms with Gasteiger partial charge in [0.1, 0.15) is 24.3 Å². The number of carbonyl (C=O) groups excluding carboxylic acids is 1. The summed E-state index contributed by atoms with van der Waals surface area (Å²) in [6.45, 7) is 1.96. The van der Waals surface area contributed by atoms with Crippen LogP contribution in [0, 0.1) is 0 Å². The number of carbonyl (C=O) groups is 1. The van der Waals surface area contributed by atoms with Gasteiger partial charge in [0.25, 0.3) is 0 Å². The molecule has 182 valence electrons. The first-order chi connectivity index (χ1) is 16.9. The molecule has 0 spiro atoms. The summed E-state index contributed by atoms with van der Waals surface area (Å²) < 4.78 is 31.5. The summed E-state index contributed by atoms with van der Waals surface area (Å²) in [6, 6.07) is 10.3. The molecule has 35 heavy (non-hydrogen) atoms. The number of methoxy groups -OCH3 is 1. The van der Waals surface area contributed by atoms with Crippen LogP contribution in [-0.4, -0.2) is 50.1 Å². The van der Waals surface area contributed by atoms with Crippen molar-refractivity contribution in [3.05, 3.63) is 53.8 Å². The Balaban J connectivity index is 1.55. The Kier molecular flexibility index (Phi) is 7.27. The fourth-order valence-electron chi connectivity index (χ4n) is 3.12. The number of aromatic nitrogens is 4. The van der Waals surface area contributed by atoms with E-state index in [1.54, 1.807) is 42.8 Å². The molecule has 0 saturated heterocycles. The van der Waals surface area contributed by atoms with E-state index in [1.807, 2.05) is 6.07 Å². The van der Waals surface area contributed by atoms with Gasteiger partial charge in [0, 0.05) is 11.5 Å². The molecule has 4 rings (SSSR count). The van der Waals surface area contributed by atoms with Crippen LogP contribution in [0.3, 0.4) is 0 Å². The van der Waals surface area contributed by atoms with Crippen LogP contribution in [0.5, 0.6) is 11.5 Å². The number of amides is 1. The zero-order valence-electron chi connectivity index (χ0n) is 18.9. The van der Waals surface area contributed by atoms with Gasteiger partial charge in [0.05, 0.1) is 33.8 Å². The summed E-state index contributed by atoms with van der Waals surface area (Å²) in [7, 11) is -1.56. The largest absolute Gasteiger partial charge is 0.493 e. The van der Waals surface area contributed by atoms with E-state index in [1.165, 1.54) is 24.8 Å². The second-order valence-electron chi connectivity index (χ2n) is 7.05. The van der Waals surface area contributed by atoms with Crippen LogP contribution in [0.25, 0.3) is 10.9 Å². The minimum Gasteiger partial charge on any atom is -0.493 e. The summed E-state index contributed by atoms with van der Waals surface area (Å²) in [5, 5.41) is 12.2. The zero-order valence-corrected chi connectivity index (χ0v) is 20.5. The predicted molar refractivity (Wildman–Crippen MR) is 134 cm³/mol. The number of fused-ring (bicyclic) bond motifs is 1. The van der Waals surface area contributed by atoms with Crippen LogP contribution in [-0.2, 0) is 21.1 Å². The van der Waals surface area contributed by atoms with E-state index in [-0.39, 0.29) is 13.2 Å². The number of rotatable bonds is 9. The van der Waals surface area contributed by atoms with Crippen molar-refractivity contribution in [3.63, 3.8) is 0 Å². The maximum atomic E-state index is 12.9. The maximum Gasteiger partial charge on any atom is 0.418 e. The second-order valence-corrected chi connectivity index (χ2v) is 9.90. The van der Waals surface area contributed by atoms with Crippen LogP contribution in [0.2, 0.25) is 0 Å². The summed E-state index contributed by atoms with van der Waals surface area (Å²) in [5.41, 5.74) is 2.97. The van der Waals surface area contributed by atoms with Gasteiger partial charge in [0.2, 0.25) is 5.13 Å². The quantitative estimate of drug-likeness (QED) is 0.319. The molecule has 0 bridgehead atoms. The first-order valence-electron chi connectivity index (χ1n) is 10.3. The van der Waals surface area contributed by atoms with Gasteiger partial charge < -0.3 is 19.5 Å². The standard InChI is InChI=1S/C22H22N6O5S2/c1-4-32-22(29)28-35(3,30)15-7-5-6-14(8-15)11-33-19-10-17-16(9-18(19)31-2)20(24-12-23-17)26-21-27-25-13-34-21/h5-10,12-13H,3-4,11H2,1-2H3,(H,28,29,30)(H,23,24,26,27). The van der Waals surface area contributed by atoms with Crippen molar-refractivity contribution in [2.75, 3.05) is 19.0 Å². The number of hydrogen-bond donors (Lipinski definition) is 2. The number of ether oxygens (including phenoxy) is 3. The summed E-state index contributed by atoms with van der Waals surface area (Å²) in [4.78, 5) is 20.7. The van der Waals surface area contributed by atoms with E-state index in [0.29, 0.717) is 38.4 Å². The summed E-state index contributed by atoms with van der Waals surface area (Å²) in [5.74, 6) is 5.15. The number of benzene rings is 2. The molecule has 1 unspecified atom stereocenters. The predicted octanol–water partition coefficient (Wildman–Crippen LogP) is 3.55. The molecule has 1 atom stereocenters. The first-order valence-corrected chi connectivity index (χ1v) is 12.9. The maximum absolute atomic E-state index is 12.9. The smallest absolute Gasteiger partial charge is 0.418 e. The third-order valence-corrected chi connectivity index (χ3v) is 6.82. The number of hydrogen-bond acceptors (Lipinski definition) is 11. The van der Waals surface area contributed by atoms with Gasteiger partial charge in [-0.15, -0.1) is 10.2 Å². The van der Waals surface area contributed by atoms with Crippen LogP contribution in [0.4, 0.5) is 15.7 Å². The molecule has 0 aliphatic heterocycles. The van der Waals surface area contributed by atoms with Crippen molar-refractivity contribution in [2.24, 2.45) is 0 Å². The van der Waals surface area contributed by atoms with Gasteiger partial charge in [-0.05, 0) is 36.6 Å². The van der Waals surface area contributed by atoms with Gasteiger partial charge in [0.15, 0.2) is 11.5 Å².